The number of amides is 1. The number of hydrogen-bond donors (Lipinski definition) is 2. The fraction of sp³-hybridized carbons (Fsp3) is 0.400. The van der Waals surface area contributed by atoms with Crippen LogP contribution in [0.1, 0.15) is 57.6 Å². The molecule has 0 bridgehead atoms. The molecule has 37 heavy (non-hydrogen) atoms. The minimum absolute atomic E-state index is 0.00436. The average Bonchev–Trinajstić information content (AvgIpc) is 3.25. The van der Waals surface area contributed by atoms with Crippen molar-refractivity contribution in [3.05, 3.63) is 51.8 Å². The summed E-state index contributed by atoms with van der Waals surface area (Å²) in [7, 11) is -3.90. The number of halogens is 2. The summed E-state index contributed by atoms with van der Waals surface area (Å²) >= 11 is 14.3. The molecule has 3 rings (SSSR count). The second-order valence-electron chi connectivity index (χ2n) is 9.18. The number of carbonyl (C=O) groups is 1. The highest BCUT2D eigenvalue weighted by Gasteiger charge is 2.29. The summed E-state index contributed by atoms with van der Waals surface area (Å²) < 4.78 is 28.0. The van der Waals surface area contributed by atoms with Crippen molar-refractivity contribution < 1.29 is 18.3 Å². The minimum Gasteiger partial charge on any atom is -0.386 e. The van der Waals surface area contributed by atoms with Crippen LogP contribution in [0.5, 0.6) is 0 Å². The molecule has 0 spiro atoms. The first-order valence-corrected chi connectivity index (χ1v) is 14.8. The van der Waals surface area contributed by atoms with Crippen LogP contribution >= 0.6 is 34.5 Å². The van der Waals surface area contributed by atoms with E-state index in [1.807, 2.05) is 13.8 Å². The van der Waals surface area contributed by atoms with Gasteiger partial charge in [-0.05, 0) is 65.3 Å². The largest absolute Gasteiger partial charge is 0.386 e. The van der Waals surface area contributed by atoms with Crippen molar-refractivity contribution >= 4 is 50.5 Å². The zero-order valence-corrected chi connectivity index (χ0v) is 24.6. The van der Waals surface area contributed by atoms with E-state index in [9.17, 15) is 18.3 Å². The summed E-state index contributed by atoms with van der Waals surface area (Å²) in [5.74, 6) is -0.300. The van der Waals surface area contributed by atoms with Crippen molar-refractivity contribution in [2.45, 2.75) is 58.1 Å². The van der Waals surface area contributed by atoms with E-state index < -0.39 is 15.6 Å². The Morgan fingerprint density at radius 1 is 1.16 bits per heavy atom. The molecule has 1 aromatic carbocycles. The van der Waals surface area contributed by atoms with E-state index >= 15 is 0 Å². The Morgan fingerprint density at radius 2 is 1.81 bits per heavy atom. The van der Waals surface area contributed by atoms with Crippen LogP contribution in [0.3, 0.4) is 0 Å². The van der Waals surface area contributed by atoms with Gasteiger partial charge in [-0.25, -0.2) is 18.1 Å². The standard InChI is InChI=1S/C25H30Cl2N4O4S2/c1-7-31(8-2)24(32)21-22(36-23(29-21)17-13-15(11-12-28-17)25(5,6)33)16-9-10-18(20(27)19(16)26)37(34,35)30-14(3)4/h9-14,30,33H,7-8H2,1-6H3. The van der Waals surface area contributed by atoms with Gasteiger partial charge in [-0.1, -0.05) is 29.3 Å². The van der Waals surface area contributed by atoms with Crippen molar-refractivity contribution in [1.29, 1.82) is 0 Å². The van der Waals surface area contributed by atoms with Gasteiger partial charge in [0, 0.05) is 30.9 Å². The number of aromatic nitrogens is 2. The van der Waals surface area contributed by atoms with E-state index in [1.54, 1.807) is 50.9 Å². The van der Waals surface area contributed by atoms with Crippen molar-refractivity contribution in [3.63, 3.8) is 0 Å². The van der Waals surface area contributed by atoms with Crippen LogP contribution in [-0.2, 0) is 15.6 Å². The van der Waals surface area contributed by atoms with Gasteiger partial charge in [-0.2, -0.15) is 0 Å². The van der Waals surface area contributed by atoms with Crippen molar-refractivity contribution in [3.8, 4) is 21.1 Å². The van der Waals surface area contributed by atoms with Gasteiger partial charge in [-0.15, -0.1) is 11.3 Å². The maximum Gasteiger partial charge on any atom is 0.273 e. The molecule has 0 saturated heterocycles. The zero-order chi connectivity index (χ0) is 27.7. The fourth-order valence-electron chi connectivity index (χ4n) is 3.63. The Bertz CT molecular complexity index is 1410. The van der Waals surface area contributed by atoms with Crippen LogP contribution < -0.4 is 4.72 Å². The fourth-order valence-corrected chi connectivity index (χ4v) is 6.86. The van der Waals surface area contributed by atoms with E-state index in [4.69, 9.17) is 23.2 Å². The Kier molecular flexibility index (Phi) is 9.04. The van der Waals surface area contributed by atoms with E-state index in [2.05, 4.69) is 14.7 Å². The number of aliphatic hydroxyl groups is 1. The third-order valence-corrected chi connectivity index (χ3v) is 9.34. The lowest BCUT2D eigenvalue weighted by atomic mass is 9.99. The van der Waals surface area contributed by atoms with Crippen LogP contribution in [0.25, 0.3) is 21.1 Å². The van der Waals surface area contributed by atoms with Gasteiger partial charge in [-0.3, -0.25) is 9.78 Å². The highest BCUT2D eigenvalue weighted by molar-refractivity contribution is 7.89. The quantitative estimate of drug-likeness (QED) is 0.339. The monoisotopic (exact) mass is 584 g/mol. The number of benzene rings is 1. The topological polar surface area (TPSA) is 112 Å². The first-order valence-electron chi connectivity index (χ1n) is 11.7. The van der Waals surface area contributed by atoms with Gasteiger partial charge in [0.25, 0.3) is 5.91 Å². The van der Waals surface area contributed by atoms with Crippen molar-refractivity contribution in [1.82, 2.24) is 19.6 Å². The molecule has 2 aromatic heterocycles. The third kappa shape index (κ3) is 6.32. The number of pyridine rings is 1. The number of sulfonamides is 1. The molecular formula is C25H30Cl2N4O4S2. The molecule has 3 aromatic rings. The molecule has 0 aliphatic rings. The number of hydrogen-bond acceptors (Lipinski definition) is 7. The zero-order valence-electron chi connectivity index (χ0n) is 21.5. The van der Waals surface area contributed by atoms with Gasteiger partial charge in [0.05, 0.1) is 26.2 Å². The predicted molar refractivity (Wildman–Crippen MR) is 149 cm³/mol. The molecule has 0 unspecified atom stereocenters. The highest BCUT2D eigenvalue weighted by atomic mass is 35.5. The van der Waals surface area contributed by atoms with Gasteiger partial charge in [0.2, 0.25) is 10.0 Å². The summed E-state index contributed by atoms with van der Waals surface area (Å²) in [5.41, 5.74) is 0.562. The van der Waals surface area contributed by atoms with Crippen LogP contribution in [0.15, 0.2) is 35.4 Å². The van der Waals surface area contributed by atoms with Gasteiger partial charge >= 0.3 is 0 Å². The highest BCUT2D eigenvalue weighted by Crippen LogP contribution is 2.43. The molecule has 0 atom stereocenters. The minimum atomic E-state index is -3.90. The Labute approximate surface area is 231 Å². The number of nitrogens with zero attached hydrogens (tertiary/aromatic N) is 3. The normalized spacial score (nSPS) is 12.3. The van der Waals surface area contributed by atoms with E-state index in [0.29, 0.717) is 39.8 Å². The summed E-state index contributed by atoms with van der Waals surface area (Å²) in [5, 5.41) is 10.7. The molecule has 0 aliphatic carbocycles. The Morgan fingerprint density at radius 3 is 2.38 bits per heavy atom. The summed E-state index contributed by atoms with van der Waals surface area (Å²) in [6.07, 6.45) is 1.57. The summed E-state index contributed by atoms with van der Waals surface area (Å²) in [6, 6.07) is 5.98. The number of carbonyl (C=O) groups excluding carboxylic acids is 1. The second kappa shape index (κ2) is 11.3. The SMILES string of the molecule is CCN(CC)C(=O)c1nc(-c2cc(C(C)(C)O)ccn2)sc1-c1ccc(S(=O)(=O)NC(C)C)c(Cl)c1Cl. The molecule has 8 nitrogen and oxygen atoms in total. The van der Waals surface area contributed by atoms with Crippen LogP contribution in [0, 0.1) is 0 Å². The summed E-state index contributed by atoms with van der Waals surface area (Å²) in [4.78, 5) is 24.4. The molecule has 12 heteroatoms. The van der Waals surface area contributed by atoms with E-state index in [1.165, 1.54) is 23.5 Å². The average molecular weight is 586 g/mol. The summed E-state index contributed by atoms with van der Waals surface area (Å²) in [6.45, 7) is 11.4. The maximum atomic E-state index is 13.4. The smallest absolute Gasteiger partial charge is 0.273 e. The first-order chi connectivity index (χ1) is 17.2. The number of nitrogens with one attached hydrogen (secondary N) is 1. The van der Waals surface area contributed by atoms with Crippen LogP contribution in [-0.4, -0.2) is 53.4 Å². The number of rotatable bonds is 9. The maximum absolute atomic E-state index is 13.4. The second-order valence-corrected chi connectivity index (χ2v) is 12.6. The molecule has 2 N–H and O–H groups in total. The van der Waals surface area contributed by atoms with E-state index in [-0.39, 0.29) is 32.6 Å². The lowest BCUT2D eigenvalue weighted by molar-refractivity contribution is 0.0766. The molecule has 0 fully saturated rings. The number of thiazole rings is 1. The predicted octanol–water partition coefficient (Wildman–Crippen LogP) is 5.58. The lowest BCUT2D eigenvalue weighted by Gasteiger charge is -2.18. The van der Waals surface area contributed by atoms with Crippen LogP contribution in [0.4, 0.5) is 0 Å². The van der Waals surface area contributed by atoms with Crippen molar-refractivity contribution in [2.75, 3.05) is 13.1 Å². The molecule has 0 radical (unpaired) electrons. The molecule has 0 aliphatic heterocycles. The first kappa shape index (κ1) is 29.5. The molecule has 2 heterocycles. The Hall–Kier alpha value is -2.08. The lowest BCUT2D eigenvalue weighted by Crippen LogP contribution is -2.31. The van der Waals surface area contributed by atoms with Gasteiger partial charge in [0.15, 0.2) is 0 Å². The third-order valence-electron chi connectivity index (χ3n) is 5.54. The molecule has 200 valence electrons. The molecular weight excluding hydrogens is 555 g/mol. The van der Waals surface area contributed by atoms with Crippen molar-refractivity contribution in [2.24, 2.45) is 0 Å². The van der Waals surface area contributed by atoms with Gasteiger partial charge < -0.3 is 10.0 Å². The van der Waals surface area contributed by atoms with E-state index in [0.717, 1.165) is 0 Å². The molecule has 0 saturated carbocycles. The van der Waals surface area contributed by atoms with Gasteiger partial charge in [0.1, 0.15) is 15.6 Å². The molecule has 1 amide bonds. The Balaban J connectivity index is 2.23. The van der Waals surface area contributed by atoms with Crippen LogP contribution in [0.2, 0.25) is 10.0 Å².